The van der Waals surface area contributed by atoms with Gasteiger partial charge in [0, 0.05) is 27.9 Å². The van der Waals surface area contributed by atoms with Crippen molar-refractivity contribution in [1.82, 2.24) is 14.0 Å². The van der Waals surface area contributed by atoms with E-state index < -0.39 is 0 Å². The van der Waals surface area contributed by atoms with E-state index in [1.54, 1.807) is 49.8 Å². The fourth-order valence-corrected chi connectivity index (χ4v) is 5.43. The Morgan fingerprint density at radius 1 is 1.00 bits per heavy atom. The molecule has 35 heavy (non-hydrogen) atoms. The monoisotopic (exact) mass is 539 g/mol. The van der Waals surface area contributed by atoms with Crippen LogP contribution in [0.25, 0.3) is 16.9 Å². The van der Waals surface area contributed by atoms with Crippen molar-refractivity contribution in [2.24, 2.45) is 17.1 Å². The Morgan fingerprint density at radius 3 is 2.54 bits per heavy atom. The molecule has 176 valence electrons. The highest BCUT2D eigenvalue weighted by Crippen LogP contribution is 2.31. The third-order valence-corrected chi connectivity index (χ3v) is 7.65. The van der Waals surface area contributed by atoms with Crippen LogP contribution in [0.15, 0.2) is 86.3 Å². The lowest BCUT2D eigenvalue weighted by atomic mass is 10.2. The minimum atomic E-state index is -0.208. The second-order valence-electron chi connectivity index (χ2n) is 7.62. The molecule has 2 aromatic carbocycles. The minimum absolute atomic E-state index is 0.208. The Bertz CT molecular complexity index is 1660. The highest BCUT2D eigenvalue weighted by molar-refractivity contribution is 7.11. The van der Waals surface area contributed by atoms with Gasteiger partial charge in [-0.15, -0.1) is 22.7 Å². The van der Waals surface area contributed by atoms with Gasteiger partial charge in [-0.2, -0.15) is 5.10 Å². The van der Waals surface area contributed by atoms with Gasteiger partial charge in [-0.05, 0) is 48.7 Å². The van der Waals surface area contributed by atoms with Gasteiger partial charge in [0.1, 0.15) is 0 Å². The average Bonchev–Trinajstić information content (AvgIpc) is 3.56. The molecule has 0 saturated carbocycles. The van der Waals surface area contributed by atoms with E-state index >= 15 is 0 Å². The Balaban J connectivity index is 1.73. The first-order valence-electron chi connectivity index (χ1n) is 10.6. The molecule has 0 spiro atoms. The van der Waals surface area contributed by atoms with Crippen molar-refractivity contribution >= 4 is 57.8 Å². The van der Waals surface area contributed by atoms with Crippen molar-refractivity contribution < 1.29 is 0 Å². The number of nitrogens with zero attached hydrogens (tertiary/aromatic N) is 5. The zero-order chi connectivity index (χ0) is 24.5. The van der Waals surface area contributed by atoms with Gasteiger partial charge in [-0.25, -0.2) is 14.4 Å². The average molecular weight is 541 g/mol. The van der Waals surface area contributed by atoms with Gasteiger partial charge in [-0.1, -0.05) is 47.5 Å². The standard InChI is InChI=1S/C25H19Cl2N5OS2/c1-16-23(24(33)32(30(16)2)18-7-4-3-5-8-18)29-25-31(28-14-19-9-6-12-34-19)22(15-35-25)20-13-17(26)10-11-21(20)27/h3-15H,1-2H3. The third kappa shape index (κ3) is 4.58. The van der Waals surface area contributed by atoms with Crippen LogP contribution in [-0.4, -0.2) is 20.3 Å². The number of hydrogen-bond donors (Lipinski definition) is 0. The number of thiophene rings is 1. The quantitative estimate of drug-likeness (QED) is 0.235. The maximum atomic E-state index is 13.4. The van der Waals surface area contributed by atoms with Gasteiger partial charge < -0.3 is 0 Å². The van der Waals surface area contributed by atoms with E-state index in [-0.39, 0.29) is 5.56 Å². The number of para-hydroxylation sites is 1. The molecule has 0 unspecified atom stereocenters. The molecule has 5 aromatic rings. The Hall–Kier alpha value is -3.17. The second-order valence-corrected chi connectivity index (χ2v) is 10.3. The summed E-state index contributed by atoms with van der Waals surface area (Å²) in [4.78, 5) is 19.7. The van der Waals surface area contributed by atoms with Crippen molar-refractivity contribution in [2.45, 2.75) is 6.92 Å². The smallest absolute Gasteiger partial charge is 0.283 e. The number of halogens is 2. The summed E-state index contributed by atoms with van der Waals surface area (Å²) in [6.07, 6.45) is 1.76. The molecule has 0 aliphatic heterocycles. The molecule has 0 amide bonds. The van der Waals surface area contributed by atoms with Gasteiger partial charge in [-0.3, -0.25) is 9.48 Å². The molecule has 5 rings (SSSR count). The van der Waals surface area contributed by atoms with Crippen molar-refractivity contribution in [3.63, 3.8) is 0 Å². The van der Waals surface area contributed by atoms with Crippen LogP contribution in [0.4, 0.5) is 5.69 Å². The zero-order valence-electron chi connectivity index (χ0n) is 18.7. The second kappa shape index (κ2) is 9.83. The fourth-order valence-electron chi connectivity index (χ4n) is 3.63. The molecule has 0 N–H and O–H groups in total. The maximum Gasteiger partial charge on any atom is 0.297 e. The van der Waals surface area contributed by atoms with Gasteiger partial charge in [0.05, 0.1) is 28.3 Å². The number of rotatable bonds is 5. The van der Waals surface area contributed by atoms with Crippen LogP contribution in [0.2, 0.25) is 10.0 Å². The molecule has 0 saturated heterocycles. The van der Waals surface area contributed by atoms with Crippen molar-refractivity contribution in [1.29, 1.82) is 0 Å². The number of hydrogen-bond acceptors (Lipinski definition) is 5. The Labute approximate surface area is 219 Å². The summed E-state index contributed by atoms with van der Waals surface area (Å²) in [7, 11) is 1.84. The van der Waals surface area contributed by atoms with E-state index in [2.05, 4.69) is 0 Å². The predicted octanol–water partition coefficient (Wildman–Crippen LogP) is 6.50. The normalized spacial score (nSPS) is 12.2. The summed E-state index contributed by atoms with van der Waals surface area (Å²) >= 11 is 15.7. The van der Waals surface area contributed by atoms with Crippen molar-refractivity contribution in [3.05, 3.63) is 107 Å². The van der Waals surface area contributed by atoms with E-state index in [9.17, 15) is 4.79 Å². The van der Waals surface area contributed by atoms with Crippen LogP contribution < -0.4 is 10.4 Å². The molecular weight excluding hydrogens is 521 g/mol. The molecule has 0 atom stereocenters. The number of benzene rings is 2. The molecule has 6 nitrogen and oxygen atoms in total. The van der Waals surface area contributed by atoms with E-state index in [0.717, 1.165) is 27.5 Å². The molecule has 3 heterocycles. The molecule has 0 radical (unpaired) electrons. The first-order chi connectivity index (χ1) is 16.9. The first-order valence-corrected chi connectivity index (χ1v) is 13.1. The largest absolute Gasteiger partial charge is 0.297 e. The molecule has 0 bridgehead atoms. The fraction of sp³-hybridized carbons (Fsp3) is 0.0800. The van der Waals surface area contributed by atoms with Gasteiger partial charge >= 0.3 is 0 Å². The Morgan fingerprint density at radius 2 is 1.80 bits per heavy atom. The van der Waals surface area contributed by atoms with Crippen LogP contribution in [0.3, 0.4) is 0 Å². The van der Waals surface area contributed by atoms with Crippen molar-refractivity contribution in [2.75, 3.05) is 0 Å². The molecule has 0 aliphatic rings. The van der Waals surface area contributed by atoms with E-state index in [0.29, 0.717) is 20.5 Å². The van der Waals surface area contributed by atoms with Crippen LogP contribution >= 0.6 is 45.9 Å². The van der Waals surface area contributed by atoms with E-state index in [4.69, 9.17) is 33.3 Å². The molecular formula is C25H19Cl2N5OS2. The van der Waals surface area contributed by atoms with Crippen LogP contribution in [0.1, 0.15) is 10.6 Å². The summed E-state index contributed by atoms with van der Waals surface area (Å²) in [6, 6.07) is 18.7. The van der Waals surface area contributed by atoms with E-state index in [1.807, 2.05) is 67.2 Å². The third-order valence-electron chi connectivity index (χ3n) is 5.46. The van der Waals surface area contributed by atoms with Gasteiger partial charge in [0.25, 0.3) is 5.56 Å². The van der Waals surface area contributed by atoms with E-state index in [1.165, 1.54) is 11.3 Å². The minimum Gasteiger partial charge on any atom is -0.283 e. The summed E-state index contributed by atoms with van der Waals surface area (Å²) in [5.41, 5.74) is 3.11. The lowest BCUT2D eigenvalue weighted by molar-refractivity contribution is 0.630. The highest BCUT2D eigenvalue weighted by atomic mass is 35.5. The topological polar surface area (TPSA) is 56.6 Å². The molecule has 0 fully saturated rings. The highest BCUT2D eigenvalue weighted by Gasteiger charge is 2.17. The SMILES string of the molecule is Cc1c(N=c2scc(-c3cc(Cl)ccc3Cl)n2N=Cc2cccs2)c(=O)n(-c2ccccc2)n1C. The lowest BCUT2D eigenvalue weighted by Crippen LogP contribution is -2.19. The van der Waals surface area contributed by atoms with Gasteiger partial charge in [0.15, 0.2) is 5.69 Å². The molecule has 10 heteroatoms. The summed E-state index contributed by atoms with van der Waals surface area (Å²) in [5, 5.41) is 9.70. The van der Waals surface area contributed by atoms with Crippen molar-refractivity contribution in [3.8, 4) is 16.9 Å². The Kier molecular flexibility index (Phi) is 6.62. The number of thiazole rings is 1. The summed E-state index contributed by atoms with van der Waals surface area (Å²) in [6.45, 7) is 1.88. The predicted molar refractivity (Wildman–Crippen MR) is 146 cm³/mol. The first kappa shape index (κ1) is 23.6. The molecule has 3 aromatic heterocycles. The van der Waals surface area contributed by atoms with Gasteiger partial charge in [0.2, 0.25) is 4.80 Å². The van der Waals surface area contributed by atoms with Crippen LogP contribution in [0.5, 0.6) is 0 Å². The lowest BCUT2D eigenvalue weighted by Gasteiger charge is -2.07. The summed E-state index contributed by atoms with van der Waals surface area (Å²) < 4.78 is 5.11. The summed E-state index contributed by atoms with van der Waals surface area (Å²) in [5.74, 6) is 0. The number of aromatic nitrogens is 3. The molecule has 0 aliphatic carbocycles. The van der Waals surface area contributed by atoms with Crippen LogP contribution in [0, 0.1) is 6.92 Å². The zero-order valence-corrected chi connectivity index (χ0v) is 21.9. The van der Waals surface area contributed by atoms with Crippen LogP contribution in [-0.2, 0) is 7.05 Å². The maximum absolute atomic E-state index is 13.4.